The van der Waals surface area contributed by atoms with Crippen LogP contribution in [0.25, 0.3) is 0 Å². The number of carbonyl (C=O) groups excluding carboxylic acids is 2. The van der Waals surface area contributed by atoms with Gasteiger partial charge < -0.3 is 14.6 Å². The van der Waals surface area contributed by atoms with Crippen molar-refractivity contribution in [1.29, 1.82) is 0 Å². The van der Waals surface area contributed by atoms with Crippen LogP contribution in [0.4, 0.5) is 0 Å². The number of esters is 1. The van der Waals surface area contributed by atoms with E-state index in [9.17, 15) is 14.7 Å². The fourth-order valence-corrected chi connectivity index (χ4v) is 2.87. The molecule has 21 heavy (non-hydrogen) atoms. The maximum atomic E-state index is 11.8. The Bertz CT molecular complexity index is 598. The third kappa shape index (κ3) is 2.62. The summed E-state index contributed by atoms with van der Waals surface area (Å²) in [6, 6.07) is 2.84. The third-order valence-electron chi connectivity index (χ3n) is 3.91. The molecule has 0 heterocycles. The summed E-state index contributed by atoms with van der Waals surface area (Å²) in [6.45, 7) is 0. The van der Waals surface area contributed by atoms with Gasteiger partial charge in [-0.05, 0) is 18.9 Å². The van der Waals surface area contributed by atoms with E-state index in [-0.39, 0.29) is 17.1 Å². The lowest BCUT2D eigenvalue weighted by Gasteiger charge is -2.25. The molecule has 2 rings (SSSR count). The molecule has 1 aliphatic carbocycles. The van der Waals surface area contributed by atoms with Crippen molar-refractivity contribution in [1.82, 2.24) is 0 Å². The predicted molar refractivity (Wildman–Crippen MR) is 74.3 cm³/mol. The van der Waals surface area contributed by atoms with Gasteiger partial charge in [0.2, 0.25) is 6.08 Å². The molecule has 1 aromatic carbocycles. The summed E-state index contributed by atoms with van der Waals surface area (Å²) < 4.78 is 9.81. The number of aromatic hydroxyl groups is 1. The fraction of sp³-hybridized carbons (Fsp3) is 0.467. The maximum absolute atomic E-state index is 11.8. The summed E-state index contributed by atoms with van der Waals surface area (Å²) in [4.78, 5) is 26.5. The van der Waals surface area contributed by atoms with Crippen LogP contribution >= 0.6 is 0 Å². The Hall–Kier alpha value is -2.33. The molecule has 1 N–H and O–H groups in total. The Morgan fingerprint density at radius 1 is 1.33 bits per heavy atom. The molecule has 0 aliphatic heterocycles. The average Bonchev–Trinajstić information content (AvgIpc) is 2.95. The summed E-state index contributed by atoms with van der Waals surface area (Å²) in [5, 5.41) is 10.2. The minimum atomic E-state index is -0.819. The number of methoxy groups -OCH3 is 2. The summed E-state index contributed by atoms with van der Waals surface area (Å²) in [5.41, 5.74) is -0.189. The Balaban J connectivity index is 2.63. The van der Waals surface area contributed by atoms with Gasteiger partial charge in [0.15, 0.2) is 0 Å². The molecule has 6 heteroatoms. The van der Waals surface area contributed by atoms with Crippen LogP contribution in [0, 0.1) is 0 Å². The molecular formula is C15H17NO5. The zero-order chi connectivity index (χ0) is 15.5. The van der Waals surface area contributed by atoms with Crippen molar-refractivity contribution in [2.24, 2.45) is 4.99 Å². The van der Waals surface area contributed by atoms with E-state index >= 15 is 0 Å². The molecule has 0 aromatic heterocycles. The highest BCUT2D eigenvalue weighted by Crippen LogP contribution is 2.47. The van der Waals surface area contributed by atoms with Crippen LogP contribution in [0.2, 0.25) is 0 Å². The second-order valence-corrected chi connectivity index (χ2v) is 5.00. The van der Waals surface area contributed by atoms with Gasteiger partial charge in [0, 0.05) is 11.6 Å². The number of isocyanates is 1. The van der Waals surface area contributed by atoms with Crippen molar-refractivity contribution >= 4 is 12.0 Å². The Morgan fingerprint density at radius 3 is 2.52 bits per heavy atom. The topological polar surface area (TPSA) is 85.2 Å². The lowest BCUT2D eigenvalue weighted by molar-refractivity contribution is 0.0597. The number of phenolic OH excluding ortho intramolecular Hbond substituents is 1. The second kappa shape index (κ2) is 5.97. The van der Waals surface area contributed by atoms with Crippen LogP contribution in [0.3, 0.4) is 0 Å². The van der Waals surface area contributed by atoms with E-state index in [1.54, 1.807) is 6.08 Å². The first-order valence-corrected chi connectivity index (χ1v) is 6.67. The SMILES string of the molecule is COC(=O)c1cc(C2(N=C=O)CCCC2)c(O)cc1OC. The molecular weight excluding hydrogens is 274 g/mol. The summed E-state index contributed by atoms with van der Waals surface area (Å²) in [5.74, 6) is -0.414. The second-order valence-electron chi connectivity index (χ2n) is 5.00. The van der Waals surface area contributed by atoms with Crippen LogP contribution in [0.1, 0.15) is 41.6 Å². The highest BCUT2D eigenvalue weighted by Gasteiger charge is 2.39. The number of rotatable bonds is 4. The van der Waals surface area contributed by atoms with Gasteiger partial charge in [-0.3, -0.25) is 0 Å². The lowest BCUT2D eigenvalue weighted by atomic mass is 9.87. The van der Waals surface area contributed by atoms with Crippen LogP contribution < -0.4 is 4.74 Å². The molecule has 1 saturated carbocycles. The summed E-state index contributed by atoms with van der Waals surface area (Å²) in [6.07, 6.45) is 4.63. The van der Waals surface area contributed by atoms with E-state index < -0.39 is 11.5 Å². The van der Waals surface area contributed by atoms with Gasteiger partial charge in [-0.15, -0.1) is 0 Å². The van der Waals surface area contributed by atoms with Crippen LogP contribution in [0.15, 0.2) is 17.1 Å². The first-order chi connectivity index (χ1) is 10.1. The highest BCUT2D eigenvalue weighted by atomic mass is 16.5. The standard InChI is InChI=1S/C15H17NO5/c1-20-13-8-12(18)11(7-10(13)14(19)21-2)15(16-9-17)5-3-4-6-15/h7-8,18H,3-6H2,1-2H3. The molecule has 0 radical (unpaired) electrons. The van der Waals surface area contributed by atoms with E-state index in [0.717, 1.165) is 12.8 Å². The molecule has 0 amide bonds. The third-order valence-corrected chi connectivity index (χ3v) is 3.91. The monoisotopic (exact) mass is 291 g/mol. The van der Waals surface area contributed by atoms with Crippen LogP contribution in [-0.4, -0.2) is 31.4 Å². The minimum Gasteiger partial charge on any atom is -0.507 e. The number of ether oxygens (including phenoxy) is 2. The van der Waals surface area contributed by atoms with Gasteiger partial charge >= 0.3 is 5.97 Å². The molecule has 0 atom stereocenters. The van der Waals surface area contributed by atoms with Crippen molar-refractivity contribution < 1.29 is 24.2 Å². The fourth-order valence-electron chi connectivity index (χ4n) is 2.87. The number of aliphatic imine (C=N–C) groups is 1. The zero-order valence-corrected chi connectivity index (χ0v) is 12.0. The largest absolute Gasteiger partial charge is 0.507 e. The quantitative estimate of drug-likeness (QED) is 0.522. The van der Waals surface area contributed by atoms with Crippen molar-refractivity contribution in [2.45, 2.75) is 31.2 Å². The maximum Gasteiger partial charge on any atom is 0.341 e. The van der Waals surface area contributed by atoms with E-state index in [4.69, 9.17) is 9.47 Å². The van der Waals surface area contributed by atoms with Gasteiger partial charge in [-0.2, -0.15) is 4.99 Å². The number of benzene rings is 1. The number of nitrogens with zero attached hydrogens (tertiary/aromatic N) is 1. The Morgan fingerprint density at radius 2 is 2.00 bits per heavy atom. The summed E-state index contributed by atoms with van der Waals surface area (Å²) in [7, 11) is 2.67. The van der Waals surface area contributed by atoms with Crippen molar-refractivity contribution in [3.63, 3.8) is 0 Å². The van der Waals surface area contributed by atoms with Gasteiger partial charge in [0.05, 0.1) is 14.2 Å². The van der Waals surface area contributed by atoms with E-state index in [1.165, 1.54) is 26.4 Å². The van der Waals surface area contributed by atoms with Gasteiger partial charge in [-0.25, -0.2) is 9.59 Å². The molecule has 1 aromatic rings. The Labute approximate surface area is 122 Å². The number of carbonyl (C=O) groups is 1. The first kappa shape index (κ1) is 15.1. The van der Waals surface area contributed by atoms with Crippen molar-refractivity contribution in [3.8, 4) is 11.5 Å². The number of hydrogen-bond acceptors (Lipinski definition) is 6. The smallest absolute Gasteiger partial charge is 0.341 e. The van der Waals surface area contributed by atoms with Gasteiger partial charge in [0.25, 0.3) is 0 Å². The van der Waals surface area contributed by atoms with Crippen molar-refractivity contribution in [2.75, 3.05) is 14.2 Å². The predicted octanol–water partition coefficient (Wildman–Crippen LogP) is 2.29. The molecule has 0 spiro atoms. The van der Waals surface area contributed by atoms with Gasteiger partial charge in [-0.1, -0.05) is 12.8 Å². The molecule has 1 fully saturated rings. The van der Waals surface area contributed by atoms with Crippen LogP contribution in [0.5, 0.6) is 11.5 Å². The molecule has 112 valence electrons. The van der Waals surface area contributed by atoms with Crippen molar-refractivity contribution in [3.05, 3.63) is 23.3 Å². The molecule has 6 nitrogen and oxygen atoms in total. The molecule has 0 bridgehead atoms. The van der Waals surface area contributed by atoms with E-state index in [2.05, 4.69) is 4.99 Å². The lowest BCUT2D eigenvalue weighted by Crippen LogP contribution is -2.20. The minimum absolute atomic E-state index is 0.0552. The van der Waals surface area contributed by atoms with Crippen LogP contribution in [-0.2, 0) is 15.1 Å². The van der Waals surface area contributed by atoms with Gasteiger partial charge in [0.1, 0.15) is 22.6 Å². The average molecular weight is 291 g/mol. The number of phenols is 1. The first-order valence-electron chi connectivity index (χ1n) is 6.67. The number of hydrogen-bond donors (Lipinski definition) is 1. The zero-order valence-electron chi connectivity index (χ0n) is 12.0. The molecule has 1 aliphatic rings. The van der Waals surface area contributed by atoms with E-state index in [0.29, 0.717) is 18.4 Å². The van der Waals surface area contributed by atoms with E-state index in [1.807, 2.05) is 0 Å². The highest BCUT2D eigenvalue weighted by molar-refractivity contribution is 5.93. The molecule has 0 saturated heterocycles. The molecule has 0 unspecified atom stereocenters. The Kier molecular flexibility index (Phi) is 4.29. The summed E-state index contributed by atoms with van der Waals surface area (Å²) >= 11 is 0. The normalized spacial score (nSPS) is 16.1.